The molecule has 1 saturated heterocycles. The van der Waals surface area contributed by atoms with E-state index < -0.39 is 16.1 Å². The molecule has 0 atom stereocenters. The van der Waals surface area contributed by atoms with Gasteiger partial charge in [0.1, 0.15) is 0 Å². The third kappa shape index (κ3) is 4.11. The summed E-state index contributed by atoms with van der Waals surface area (Å²) >= 11 is 0. The van der Waals surface area contributed by atoms with Crippen molar-refractivity contribution in [1.29, 1.82) is 0 Å². The third-order valence-electron chi connectivity index (χ3n) is 4.24. The van der Waals surface area contributed by atoms with Gasteiger partial charge in [0.05, 0.1) is 4.90 Å². The van der Waals surface area contributed by atoms with Crippen LogP contribution >= 0.6 is 0 Å². The van der Waals surface area contributed by atoms with E-state index in [4.69, 9.17) is 0 Å². The third-order valence-corrected chi connectivity index (χ3v) is 5.58. The highest BCUT2D eigenvalue weighted by Crippen LogP contribution is 2.16. The molecule has 0 bridgehead atoms. The van der Waals surface area contributed by atoms with Crippen molar-refractivity contribution in [3.8, 4) is 0 Å². The number of piperazine rings is 1. The van der Waals surface area contributed by atoms with Gasteiger partial charge in [0.15, 0.2) is 0 Å². The van der Waals surface area contributed by atoms with Crippen LogP contribution in [-0.4, -0.2) is 45.5 Å². The number of urea groups is 1. The number of para-hydroxylation sites is 1. The van der Waals surface area contributed by atoms with E-state index in [9.17, 15) is 13.2 Å². The van der Waals surface area contributed by atoms with Crippen LogP contribution in [0.1, 0.15) is 5.56 Å². The van der Waals surface area contributed by atoms with Crippen LogP contribution in [0.2, 0.25) is 0 Å². The average molecular weight is 359 g/mol. The molecule has 6 nitrogen and oxygen atoms in total. The molecule has 2 amide bonds. The summed E-state index contributed by atoms with van der Waals surface area (Å²) in [4.78, 5) is 16.1. The summed E-state index contributed by atoms with van der Waals surface area (Å²) in [6.45, 7) is 4.17. The first-order valence-electron chi connectivity index (χ1n) is 8.14. The molecule has 7 heteroatoms. The van der Waals surface area contributed by atoms with Crippen molar-refractivity contribution in [2.75, 3.05) is 31.1 Å². The number of sulfonamides is 1. The van der Waals surface area contributed by atoms with Crippen LogP contribution in [0, 0.1) is 6.92 Å². The molecule has 0 unspecified atom stereocenters. The Morgan fingerprint density at radius 2 is 1.52 bits per heavy atom. The second kappa shape index (κ2) is 7.14. The highest BCUT2D eigenvalue weighted by molar-refractivity contribution is 7.90. The summed E-state index contributed by atoms with van der Waals surface area (Å²) in [7, 11) is -3.85. The zero-order chi connectivity index (χ0) is 17.9. The van der Waals surface area contributed by atoms with Gasteiger partial charge in [-0.1, -0.05) is 35.9 Å². The van der Waals surface area contributed by atoms with Crippen molar-refractivity contribution in [3.05, 3.63) is 60.2 Å². The second-order valence-electron chi connectivity index (χ2n) is 6.03. The number of benzene rings is 2. The standard InChI is InChI=1S/C18H21N3O3S/c1-15-7-9-17(10-8-15)25(23,24)19-18(22)21-13-11-20(12-14-21)16-5-3-2-4-6-16/h2-10H,11-14H2,1H3,(H,19,22). The number of carbonyl (C=O) groups excluding carboxylic acids is 1. The molecular weight excluding hydrogens is 338 g/mol. The molecular formula is C18H21N3O3S. The minimum Gasteiger partial charge on any atom is -0.368 e. The lowest BCUT2D eigenvalue weighted by molar-refractivity contribution is 0.200. The van der Waals surface area contributed by atoms with E-state index in [-0.39, 0.29) is 4.90 Å². The summed E-state index contributed by atoms with van der Waals surface area (Å²) in [5.74, 6) is 0. The van der Waals surface area contributed by atoms with Gasteiger partial charge in [-0.05, 0) is 31.2 Å². The minimum absolute atomic E-state index is 0.0920. The highest BCUT2D eigenvalue weighted by atomic mass is 32.2. The largest absolute Gasteiger partial charge is 0.368 e. The van der Waals surface area contributed by atoms with Crippen molar-refractivity contribution in [3.63, 3.8) is 0 Å². The molecule has 1 aliphatic heterocycles. The molecule has 0 aromatic heterocycles. The first kappa shape index (κ1) is 17.3. The van der Waals surface area contributed by atoms with Crippen LogP contribution in [0.5, 0.6) is 0 Å². The first-order valence-corrected chi connectivity index (χ1v) is 9.62. The molecule has 1 aliphatic rings. The summed E-state index contributed by atoms with van der Waals surface area (Å²) in [5.41, 5.74) is 2.07. The van der Waals surface area contributed by atoms with Gasteiger partial charge in [-0.3, -0.25) is 0 Å². The lowest BCUT2D eigenvalue weighted by Crippen LogP contribution is -2.52. The Labute approximate surface area is 148 Å². The van der Waals surface area contributed by atoms with E-state index in [2.05, 4.69) is 9.62 Å². The monoisotopic (exact) mass is 359 g/mol. The molecule has 0 saturated carbocycles. The number of amides is 2. The van der Waals surface area contributed by atoms with Crippen LogP contribution in [0.4, 0.5) is 10.5 Å². The van der Waals surface area contributed by atoms with Crippen molar-refractivity contribution >= 4 is 21.7 Å². The summed E-state index contributed by atoms with van der Waals surface area (Å²) in [5, 5.41) is 0. The SMILES string of the molecule is Cc1ccc(S(=O)(=O)NC(=O)N2CCN(c3ccccc3)CC2)cc1. The Hall–Kier alpha value is -2.54. The van der Waals surface area contributed by atoms with Gasteiger partial charge in [0, 0.05) is 31.9 Å². The van der Waals surface area contributed by atoms with Crippen molar-refractivity contribution in [1.82, 2.24) is 9.62 Å². The fourth-order valence-electron chi connectivity index (χ4n) is 2.76. The van der Waals surface area contributed by atoms with E-state index in [1.807, 2.05) is 37.3 Å². The van der Waals surface area contributed by atoms with E-state index in [1.54, 1.807) is 12.1 Å². The molecule has 0 aliphatic carbocycles. The van der Waals surface area contributed by atoms with Crippen LogP contribution in [0.3, 0.4) is 0 Å². The van der Waals surface area contributed by atoms with Gasteiger partial charge in [0.25, 0.3) is 10.0 Å². The summed E-state index contributed by atoms with van der Waals surface area (Å²) in [6, 6.07) is 15.8. The Morgan fingerprint density at radius 1 is 0.920 bits per heavy atom. The van der Waals surface area contributed by atoms with Crippen LogP contribution in [0.15, 0.2) is 59.5 Å². The fraction of sp³-hybridized carbons (Fsp3) is 0.278. The first-order chi connectivity index (χ1) is 12.0. The number of carbonyl (C=O) groups is 1. The molecule has 1 N–H and O–H groups in total. The molecule has 2 aromatic carbocycles. The van der Waals surface area contributed by atoms with Crippen molar-refractivity contribution < 1.29 is 13.2 Å². The predicted octanol–water partition coefficient (Wildman–Crippen LogP) is 2.22. The number of hydrogen-bond donors (Lipinski definition) is 1. The Morgan fingerprint density at radius 3 is 2.12 bits per heavy atom. The molecule has 0 spiro atoms. The van der Waals surface area contributed by atoms with Gasteiger partial charge in [-0.2, -0.15) is 0 Å². The average Bonchev–Trinajstić information content (AvgIpc) is 2.62. The van der Waals surface area contributed by atoms with Gasteiger partial charge in [-0.25, -0.2) is 17.9 Å². The van der Waals surface area contributed by atoms with Gasteiger partial charge in [0.2, 0.25) is 0 Å². The molecule has 2 aromatic rings. The maximum Gasteiger partial charge on any atom is 0.331 e. The zero-order valence-electron chi connectivity index (χ0n) is 14.1. The van der Waals surface area contributed by atoms with Gasteiger partial charge >= 0.3 is 6.03 Å². The number of aryl methyl sites for hydroxylation is 1. The fourth-order valence-corrected chi connectivity index (χ4v) is 3.73. The number of nitrogens with one attached hydrogen (secondary N) is 1. The quantitative estimate of drug-likeness (QED) is 0.912. The predicted molar refractivity (Wildman–Crippen MR) is 97.1 cm³/mol. The molecule has 132 valence electrons. The van der Waals surface area contributed by atoms with E-state index in [0.717, 1.165) is 11.3 Å². The number of hydrogen-bond acceptors (Lipinski definition) is 4. The van der Waals surface area contributed by atoms with Gasteiger partial charge in [-0.15, -0.1) is 0 Å². The number of anilines is 1. The van der Waals surface area contributed by atoms with Crippen LogP contribution in [0.25, 0.3) is 0 Å². The maximum atomic E-state index is 12.3. The minimum atomic E-state index is -3.85. The molecule has 0 radical (unpaired) electrons. The number of rotatable bonds is 3. The molecule has 25 heavy (non-hydrogen) atoms. The summed E-state index contributed by atoms with van der Waals surface area (Å²) < 4.78 is 26.8. The van der Waals surface area contributed by atoms with E-state index >= 15 is 0 Å². The smallest absolute Gasteiger partial charge is 0.331 e. The van der Waals surface area contributed by atoms with E-state index in [0.29, 0.717) is 26.2 Å². The zero-order valence-corrected chi connectivity index (χ0v) is 14.9. The van der Waals surface area contributed by atoms with E-state index in [1.165, 1.54) is 17.0 Å². The van der Waals surface area contributed by atoms with Crippen molar-refractivity contribution in [2.45, 2.75) is 11.8 Å². The Bertz CT molecular complexity index is 828. The summed E-state index contributed by atoms with van der Waals surface area (Å²) in [6.07, 6.45) is 0. The lowest BCUT2D eigenvalue weighted by Gasteiger charge is -2.35. The molecule has 1 fully saturated rings. The normalized spacial score (nSPS) is 15.1. The molecule has 3 rings (SSSR count). The Kier molecular flexibility index (Phi) is 4.94. The van der Waals surface area contributed by atoms with Gasteiger partial charge < -0.3 is 9.80 Å². The Balaban J connectivity index is 1.60. The topological polar surface area (TPSA) is 69.7 Å². The second-order valence-corrected chi connectivity index (χ2v) is 7.72. The van der Waals surface area contributed by atoms with Crippen LogP contribution < -0.4 is 9.62 Å². The maximum absolute atomic E-state index is 12.3. The van der Waals surface area contributed by atoms with Crippen molar-refractivity contribution in [2.24, 2.45) is 0 Å². The van der Waals surface area contributed by atoms with Crippen LogP contribution in [-0.2, 0) is 10.0 Å². The highest BCUT2D eigenvalue weighted by Gasteiger charge is 2.25. The molecule has 1 heterocycles. The lowest BCUT2D eigenvalue weighted by atomic mass is 10.2. The number of nitrogens with zero attached hydrogens (tertiary/aromatic N) is 2.